The van der Waals surface area contributed by atoms with Crippen LogP contribution in [-0.2, 0) is 29.0 Å². The van der Waals surface area contributed by atoms with Gasteiger partial charge in [0.25, 0.3) is 5.91 Å². The Morgan fingerprint density at radius 2 is 1.77 bits per heavy atom. The number of alkyl halides is 3. The van der Waals surface area contributed by atoms with Crippen LogP contribution >= 0.6 is 34.2 Å². The van der Waals surface area contributed by atoms with E-state index in [1.165, 1.54) is 30.3 Å². The number of rotatable bonds is 9. The smallest absolute Gasteiger partial charge is 0.495 e. The molecule has 13 nitrogen and oxygen atoms in total. The summed E-state index contributed by atoms with van der Waals surface area (Å²) in [7, 11) is 0. The number of carbonyl (C=O) groups excluding carboxylic acids is 4. The molecule has 0 spiro atoms. The van der Waals surface area contributed by atoms with Crippen LogP contribution in [-0.4, -0.2) is 59.1 Å². The Kier molecular flexibility index (Phi) is 12.4. The summed E-state index contributed by atoms with van der Waals surface area (Å²) in [4.78, 5) is 64.7. The average Bonchev–Trinajstić information content (AvgIpc) is 3.22. The Morgan fingerprint density at radius 3 is 2.50 bits per heavy atom. The first-order chi connectivity index (χ1) is 20.7. The van der Waals surface area contributed by atoms with E-state index in [9.17, 15) is 42.6 Å². The van der Waals surface area contributed by atoms with Gasteiger partial charge in [-0.1, -0.05) is 18.0 Å². The van der Waals surface area contributed by atoms with Gasteiger partial charge < -0.3 is 25.7 Å². The number of phenols is 2. The summed E-state index contributed by atoms with van der Waals surface area (Å²) in [5.74, 6) is -6.07. The largest absolute Gasteiger partial charge is 0.508 e. The van der Waals surface area contributed by atoms with Crippen molar-refractivity contribution in [2.24, 2.45) is 4.99 Å². The zero-order valence-corrected chi connectivity index (χ0v) is 25.4. The number of benzene rings is 2. The lowest BCUT2D eigenvalue weighted by molar-refractivity contribution is -0.286. The Bertz CT molecular complexity index is 1440. The highest BCUT2D eigenvalue weighted by Crippen LogP contribution is 2.34. The van der Waals surface area contributed by atoms with Gasteiger partial charge in [0.15, 0.2) is 0 Å². The predicted molar refractivity (Wildman–Crippen MR) is 155 cm³/mol. The Morgan fingerprint density at radius 1 is 1.02 bits per heavy atom. The average molecular weight is 757 g/mol. The fourth-order valence-corrected chi connectivity index (χ4v) is 4.84. The summed E-state index contributed by atoms with van der Waals surface area (Å²) in [6.07, 6.45) is -2.70. The van der Waals surface area contributed by atoms with Crippen LogP contribution < -0.4 is 16.1 Å². The van der Waals surface area contributed by atoms with E-state index in [-0.39, 0.29) is 25.5 Å². The van der Waals surface area contributed by atoms with E-state index in [1.54, 1.807) is 22.6 Å². The zero-order chi connectivity index (χ0) is 32.4. The summed E-state index contributed by atoms with van der Waals surface area (Å²) in [5, 5.41) is 26.0. The van der Waals surface area contributed by atoms with Crippen LogP contribution in [0.25, 0.3) is 0 Å². The van der Waals surface area contributed by atoms with Crippen molar-refractivity contribution < 1.29 is 57.2 Å². The first kappa shape index (κ1) is 34.6. The number of aromatic hydroxyl groups is 2. The lowest BCUT2D eigenvalue weighted by Gasteiger charge is -2.19. The monoisotopic (exact) mass is 756 g/mol. The molecule has 1 heterocycles. The minimum atomic E-state index is -5.43. The molecule has 0 aromatic heterocycles. The number of hydrogen-bond acceptors (Lipinski definition) is 12. The molecule has 0 bridgehead atoms. The van der Waals surface area contributed by atoms with E-state index in [1.807, 2.05) is 0 Å². The van der Waals surface area contributed by atoms with Gasteiger partial charge in [-0.2, -0.15) is 13.2 Å². The van der Waals surface area contributed by atoms with Crippen molar-refractivity contribution in [2.45, 2.75) is 44.3 Å². The molecule has 0 saturated carbocycles. The highest BCUT2D eigenvalue weighted by molar-refractivity contribution is 14.1. The van der Waals surface area contributed by atoms with E-state index in [0.717, 1.165) is 19.3 Å². The number of anilines is 1. The summed E-state index contributed by atoms with van der Waals surface area (Å²) in [6.45, 7) is -0.0509. The summed E-state index contributed by atoms with van der Waals surface area (Å²) in [5.41, 5.74) is 2.45. The molecule has 1 atom stereocenters. The summed E-state index contributed by atoms with van der Waals surface area (Å²) >= 11 is 7.72. The molecule has 1 aliphatic rings. The first-order valence-corrected chi connectivity index (χ1v) is 14.2. The quantitative estimate of drug-likeness (QED) is 0.140. The SMILES string of the molecule is O=C(CNC(=O)c1cc(O)cc(NC2=NCCCCC2)c1)ON[C@H](CC(=O)OOC(=O)C(F)(F)F)c1cc(Cl)cc(I)c1O. The van der Waals surface area contributed by atoms with Crippen LogP contribution in [0.2, 0.25) is 5.02 Å². The maximum Gasteiger partial charge on any atom is 0.495 e. The van der Waals surface area contributed by atoms with Crippen molar-refractivity contribution in [3.8, 4) is 11.5 Å². The van der Waals surface area contributed by atoms with E-state index in [2.05, 4.69) is 30.9 Å². The second-order valence-electron chi connectivity index (χ2n) is 9.21. The fourth-order valence-electron chi connectivity index (χ4n) is 3.78. The molecule has 44 heavy (non-hydrogen) atoms. The lowest BCUT2D eigenvalue weighted by atomic mass is 10.0. The molecular weight excluding hydrogens is 732 g/mol. The minimum absolute atomic E-state index is 0.00920. The second-order valence-corrected chi connectivity index (χ2v) is 10.8. The van der Waals surface area contributed by atoms with E-state index >= 15 is 0 Å². The highest BCUT2D eigenvalue weighted by Gasteiger charge is 2.43. The van der Waals surface area contributed by atoms with Crippen molar-refractivity contribution in [1.82, 2.24) is 10.8 Å². The molecule has 0 fully saturated rings. The molecule has 0 aliphatic carbocycles. The fraction of sp³-hybridized carbons (Fsp3) is 0.346. The van der Waals surface area contributed by atoms with Gasteiger partial charge in [-0.15, -0.1) is 5.48 Å². The van der Waals surface area contributed by atoms with Gasteiger partial charge >= 0.3 is 24.1 Å². The lowest BCUT2D eigenvalue weighted by Crippen LogP contribution is -2.35. The van der Waals surface area contributed by atoms with E-state index in [0.29, 0.717) is 24.5 Å². The number of phenolic OH excluding ortho intramolecular Hbond substituents is 2. The number of hydrogen-bond donors (Lipinski definition) is 5. The first-order valence-electron chi connectivity index (χ1n) is 12.8. The predicted octanol–water partition coefficient (Wildman–Crippen LogP) is 4.21. The van der Waals surface area contributed by atoms with Crippen LogP contribution in [0.5, 0.6) is 11.5 Å². The van der Waals surface area contributed by atoms with Crippen LogP contribution in [0.3, 0.4) is 0 Å². The molecule has 0 radical (unpaired) electrons. The summed E-state index contributed by atoms with van der Waals surface area (Å²) < 4.78 is 37.2. The number of carbonyl (C=O) groups is 4. The van der Waals surface area contributed by atoms with Gasteiger partial charge in [-0.05, 0) is 59.7 Å². The Hall–Kier alpha value is -3.84. The molecular formula is C26H25ClF3IN4O9. The van der Waals surface area contributed by atoms with Crippen LogP contribution in [0.4, 0.5) is 18.9 Å². The standard InChI is InChI=1S/C26H25ClF3IN4O9/c27-14-8-17(23(39)18(31)9-14)19(11-21(37)43-44-25(41)26(28,29)30)35-42-22(38)12-33-24(40)13-6-15(10-16(36)7-13)34-20-4-2-1-3-5-32-20/h6-10,19,35-36,39H,1-5,11-12H2,(H,32,34)(H,33,40)/t19-/m1/s1. The molecule has 0 saturated heterocycles. The van der Waals surface area contributed by atoms with Crippen molar-refractivity contribution in [3.63, 3.8) is 0 Å². The number of hydroxylamine groups is 1. The molecule has 3 rings (SSSR count). The van der Waals surface area contributed by atoms with Crippen LogP contribution in [0, 0.1) is 3.57 Å². The van der Waals surface area contributed by atoms with Gasteiger partial charge in [-0.3, -0.25) is 9.79 Å². The highest BCUT2D eigenvalue weighted by atomic mass is 127. The molecule has 18 heteroatoms. The third kappa shape index (κ3) is 10.7. The molecule has 1 aliphatic heterocycles. The van der Waals surface area contributed by atoms with Crippen molar-refractivity contribution in [2.75, 3.05) is 18.4 Å². The van der Waals surface area contributed by atoms with E-state index < -0.39 is 54.7 Å². The van der Waals surface area contributed by atoms with Crippen LogP contribution in [0.15, 0.2) is 35.3 Å². The zero-order valence-electron chi connectivity index (χ0n) is 22.5. The number of nitrogens with zero attached hydrogens (tertiary/aromatic N) is 1. The maximum absolute atomic E-state index is 12.7. The molecule has 2 aromatic rings. The summed E-state index contributed by atoms with van der Waals surface area (Å²) in [6, 6.07) is 5.10. The number of aliphatic imine (C=N–C) groups is 1. The third-order valence-corrected chi connectivity index (χ3v) is 6.84. The van der Waals surface area contributed by atoms with Gasteiger partial charge in [-0.25, -0.2) is 24.2 Å². The molecule has 0 unspecified atom stereocenters. The van der Waals surface area contributed by atoms with Crippen molar-refractivity contribution in [1.29, 1.82) is 0 Å². The number of amidine groups is 1. The van der Waals surface area contributed by atoms with Crippen molar-refractivity contribution in [3.05, 3.63) is 50.1 Å². The minimum Gasteiger partial charge on any atom is -0.508 e. The number of nitrogens with one attached hydrogen (secondary N) is 3. The molecule has 5 N–H and O–H groups in total. The normalized spacial score (nSPS) is 14.0. The topological polar surface area (TPSA) is 185 Å². The number of amides is 1. The second kappa shape index (κ2) is 15.8. The Balaban J connectivity index is 1.63. The number of halogens is 5. The van der Waals surface area contributed by atoms with Gasteiger partial charge in [0.05, 0.1) is 16.0 Å². The van der Waals surface area contributed by atoms with Crippen molar-refractivity contribution >= 4 is 69.5 Å². The van der Waals surface area contributed by atoms with Crippen LogP contribution in [0.1, 0.15) is 54.1 Å². The maximum atomic E-state index is 12.7. The van der Waals surface area contributed by atoms with E-state index in [4.69, 9.17) is 16.4 Å². The van der Waals surface area contributed by atoms with Gasteiger partial charge in [0.1, 0.15) is 23.9 Å². The Labute approximate surface area is 266 Å². The van der Waals surface area contributed by atoms with Gasteiger partial charge in [0, 0.05) is 40.9 Å². The molecule has 1 amide bonds. The van der Waals surface area contributed by atoms with Gasteiger partial charge in [0.2, 0.25) is 0 Å². The third-order valence-electron chi connectivity index (χ3n) is 5.80. The molecule has 2 aromatic carbocycles. The molecule has 238 valence electrons.